The SMILES string of the molecule is NCOP(=O)(O)CN. The third-order valence-electron chi connectivity index (χ3n) is 0.507. The molecule has 0 rings (SSSR count). The van der Waals surface area contributed by atoms with E-state index in [2.05, 4.69) is 4.52 Å². The second-order valence-corrected chi connectivity index (χ2v) is 3.01. The van der Waals surface area contributed by atoms with Crippen molar-refractivity contribution in [1.82, 2.24) is 0 Å². The van der Waals surface area contributed by atoms with Crippen molar-refractivity contribution in [2.24, 2.45) is 11.5 Å². The van der Waals surface area contributed by atoms with E-state index in [0.717, 1.165) is 0 Å². The Morgan fingerprint density at radius 1 is 1.62 bits per heavy atom. The predicted molar refractivity (Wildman–Crippen MR) is 29.0 cm³/mol. The Kier molecular flexibility index (Phi) is 3.19. The minimum Gasteiger partial charge on any atom is -0.323 e. The summed E-state index contributed by atoms with van der Waals surface area (Å²) in [7, 11) is -3.52. The van der Waals surface area contributed by atoms with Crippen molar-refractivity contribution in [3.8, 4) is 0 Å². The lowest BCUT2D eigenvalue weighted by atomic mass is 11.4. The average molecular weight is 140 g/mol. The summed E-state index contributed by atoms with van der Waals surface area (Å²) in [5, 5.41) is 0. The highest BCUT2D eigenvalue weighted by Crippen LogP contribution is 2.38. The molecule has 0 aliphatic heterocycles. The minimum absolute atomic E-state index is 0.273. The maximum Gasteiger partial charge on any atom is 0.342 e. The molecule has 1 unspecified atom stereocenters. The van der Waals surface area contributed by atoms with E-state index in [1.807, 2.05) is 0 Å². The van der Waals surface area contributed by atoms with Crippen LogP contribution in [0, 0.1) is 0 Å². The van der Waals surface area contributed by atoms with Crippen LogP contribution >= 0.6 is 7.60 Å². The van der Waals surface area contributed by atoms with E-state index in [1.165, 1.54) is 0 Å². The fourth-order valence-electron chi connectivity index (χ4n) is 0.169. The molecule has 0 aromatic heterocycles. The number of hydrogen-bond donors (Lipinski definition) is 3. The van der Waals surface area contributed by atoms with Gasteiger partial charge in [0.15, 0.2) is 0 Å². The monoisotopic (exact) mass is 140 g/mol. The molecule has 0 saturated carbocycles. The van der Waals surface area contributed by atoms with Crippen LogP contribution in [0.5, 0.6) is 0 Å². The number of hydrogen-bond acceptors (Lipinski definition) is 4. The van der Waals surface area contributed by atoms with Crippen LogP contribution in [0.15, 0.2) is 0 Å². The van der Waals surface area contributed by atoms with Crippen LogP contribution < -0.4 is 11.5 Å². The molecule has 0 amide bonds. The van der Waals surface area contributed by atoms with Gasteiger partial charge in [0, 0.05) is 0 Å². The van der Waals surface area contributed by atoms with Gasteiger partial charge in [-0.25, -0.2) is 0 Å². The predicted octanol–water partition coefficient (Wildman–Crippen LogP) is -0.979. The van der Waals surface area contributed by atoms with Crippen molar-refractivity contribution < 1.29 is 14.0 Å². The molecule has 0 bridgehead atoms. The van der Waals surface area contributed by atoms with Gasteiger partial charge in [-0.3, -0.25) is 9.09 Å². The third kappa shape index (κ3) is 3.12. The van der Waals surface area contributed by atoms with E-state index in [0.29, 0.717) is 0 Å². The number of rotatable bonds is 3. The molecule has 0 aromatic carbocycles. The van der Waals surface area contributed by atoms with Crippen molar-refractivity contribution in [2.45, 2.75) is 0 Å². The van der Waals surface area contributed by atoms with E-state index in [4.69, 9.17) is 16.4 Å². The second kappa shape index (κ2) is 3.17. The van der Waals surface area contributed by atoms with Crippen molar-refractivity contribution in [3.63, 3.8) is 0 Å². The van der Waals surface area contributed by atoms with Crippen LogP contribution in [0.25, 0.3) is 0 Å². The Bertz CT molecular complexity index is 105. The lowest BCUT2D eigenvalue weighted by Gasteiger charge is -2.05. The molecular formula is C2H9N2O3P. The second-order valence-electron chi connectivity index (χ2n) is 1.12. The normalized spacial score (nSPS) is 17.9. The summed E-state index contributed by atoms with van der Waals surface area (Å²) in [5.74, 6) is 0. The van der Waals surface area contributed by atoms with E-state index >= 15 is 0 Å². The largest absolute Gasteiger partial charge is 0.342 e. The van der Waals surface area contributed by atoms with Gasteiger partial charge in [0.1, 0.15) is 6.73 Å². The van der Waals surface area contributed by atoms with Crippen molar-refractivity contribution in [2.75, 3.05) is 13.0 Å². The molecule has 0 aliphatic rings. The molecule has 0 aromatic rings. The molecule has 0 spiro atoms. The van der Waals surface area contributed by atoms with E-state index in [9.17, 15) is 4.57 Å². The Morgan fingerprint density at radius 2 is 2.12 bits per heavy atom. The van der Waals surface area contributed by atoms with Gasteiger partial charge in [-0.1, -0.05) is 0 Å². The van der Waals surface area contributed by atoms with Crippen LogP contribution in [0.1, 0.15) is 0 Å². The highest BCUT2D eigenvalue weighted by Gasteiger charge is 2.13. The van der Waals surface area contributed by atoms with E-state index < -0.39 is 7.60 Å². The summed E-state index contributed by atoms with van der Waals surface area (Å²) in [6.45, 7) is -0.273. The lowest BCUT2D eigenvalue weighted by Crippen LogP contribution is -2.08. The van der Waals surface area contributed by atoms with Gasteiger partial charge in [-0.15, -0.1) is 0 Å². The van der Waals surface area contributed by atoms with Crippen molar-refractivity contribution in [1.29, 1.82) is 0 Å². The first kappa shape index (κ1) is 8.07. The van der Waals surface area contributed by atoms with Gasteiger partial charge in [0.2, 0.25) is 0 Å². The molecule has 0 fully saturated rings. The third-order valence-corrected chi connectivity index (χ3v) is 1.52. The first-order chi connectivity index (χ1) is 3.62. The van der Waals surface area contributed by atoms with Crippen molar-refractivity contribution >= 4 is 7.60 Å². The van der Waals surface area contributed by atoms with E-state index in [-0.39, 0.29) is 13.0 Å². The lowest BCUT2D eigenvalue weighted by molar-refractivity contribution is 0.268. The van der Waals surface area contributed by atoms with Crippen LogP contribution in [-0.2, 0) is 9.09 Å². The summed E-state index contributed by atoms with van der Waals surface area (Å²) in [5.41, 5.74) is 9.58. The summed E-state index contributed by atoms with van der Waals surface area (Å²) in [6, 6.07) is 0. The molecule has 0 aliphatic carbocycles. The quantitative estimate of drug-likeness (QED) is 0.345. The Balaban J connectivity index is 3.55. The van der Waals surface area contributed by atoms with Crippen molar-refractivity contribution in [3.05, 3.63) is 0 Å². The Labute approximate surface area is 47.2 Å². The maximum absolute atomic E-state index is 10.3. The summed E-state index contributed by atoms with van der Waals surface area (Å²) in [4.78, 5) is 8.45. The van der Waals surface area contributed by atoms with Gasteiger partial charge >= 0.3 is 7.60 Å². The van der Waals surface area contributed by atoms with Gasteiger partial charge in [0.05, 0.1) is 6.29 Å². The molecule has 5 nitrogen and oxygen atoms in total. The van der Waals surface area contributed by atoms with Crippen LogP contribution in [-0.4, -0.2) is 17.9 Å². The average Bonchev–Trinajstić information content (AvgIpc) is 1.67. The molecular weight excluding hydrogens is 131 g/mol. The Hall–Kier alpha value is 0.0700. The molecule has 6 heteroatoms. The summed E-state index contributed by atoms with van der Waals surface area (Å²) < 4.78 is 14.5. The zero-order valence-electron chi connectivity index (χ0n) is 4.28. The Morgan fingerprint density at radius 3 is 2.25 bits per heavy atom. The van der Waals surface area contributed by atoms with Crippen LogP contribution in [0.3, 0.4) is 0 Å². The van der Waals surface area contributed by atoms with E-state index in [1.54, 1.807) is 0 Å². The minimum atomic E-state index is -3.52. The first-order valence-corrected chi connectivity index (χ1v) is 3.75. The zero-order chi connectivity index (χ0) is 6.62. The fraction of sp³-hybridized carbons (Fsp3) is 1.00. The summed E-state index contributed by atoms with van der Waals surface area (Å²) in [6.07, 6.45) is -0.385. The molecule has 5 N–H and O–H groups in total. The molecule has 1 atom stereocenters. The fourth-order valence-corrected chi connectivity index (χ4v) is 0.508. The van der Waals surface area contributed by atoms with Gasteiger partial charge in [-0.2, -0.15) is 0 Å². The standard InChI is InChI=1S/C2H9N2O3P/c3-1-7-8(5,6)2-4/h1-4H2,(H,5,6). The molecule has 0 heterocycles. The maximum atomic E-state index is 10.3. The molecule has 0 radical (unpaired) electrons. The highest BCUT2D eigenvalue weighted by atomic mass is 31.2. The van der Waals surface area contributed by atoms with Gasteiger partial charge < -0.3 is 16.4 Å². The summed E-state index contributed by atoms with van der Waals surface area (Å²) >= 11 is 0. The number of nitrogens with two attached hydrogens (primary N) is 2. The van der Waals surface area contributed by atoms with Crippen LogP contribution in [0.2, 0.25) is 0 Å². The molecule has 0 saturated heterocycles. The van der Waals surface area contributed by atoms with Gasteiger partial charge in [-0.05, 0) is 0 Å². The first-order valence-electron chi connectivity index (χ1n) is 1.99. The molecule has 8 heavy (non-hydrogen) atoms. The molecule has 50 valence electrons. The zero-order valence-corrected chi connectivity index (χ0v) is 5.17. The van der Waals surface area contributed by atoms with Gasteiger partial charge in [0.25, 0.3) is 0 Å². The van der Waals surface area contributed by atoms with Crippen LogP contribution in [0.4, 0.5) is 0 Å². The smallest absolute Gasteiger partial charge is 0.323 e. The highest BCUT2D eigenvalue weighted by molar-refractivity contribution is 7.52. The topological polar surface area (TPSA) is 98.6 Å².